The molecule has 1 aliphatic rings. The number of rotatable bonds is 3. The highest BCUT2D eigenvalue weighted by atomic mass is 15.1. The van der Waals surface area contributed by atoms with Crippen molar-refractivity contribution in [1.82, 2.24) is 19.9 Å². The molecule has 7 heteroatoms. The summed E-state index contributed by atoms with van der Waals surface area (Å²) in [5, 5.41) is 11.7. The number of aromatic nitrogens is 4. The van der Waals surface area contributed by atoms with Crippen LogP contribution in [0.1, 0.15) is 30.2 Å². The molecule has 1 unspecified atom stereocenters. The summed E-state index contributed by atoms with van der Waals surface area (Å²) >= 11 is 0. The van der Waals surface area contributed by atoms with Gasteiger partial charge in [-0.05, 0) is 36.8 Å². The molecule has 0 aromatic carbocycles. The fourth-order valence-corrected chi connectivity index (χ4v) is 3.31. The SMILES string of the molecule is CC1CCc2[nH]c3ncnc(Nc4cc(C=N)c(N)cn4)c3c2C1. The Balaban J connectivity index is 1.80. The highest BCUT2D eigenvalue weighted by Gasteiger charge is 2.22. The molecule has 0 spiro atoms. The maximum absolute atomic E-state index is 7.42. The number of hydrogen-bond donors (Lipinski definition) is 4. The lowest BCUT2D eigenvalue weighted by Gasteiger charge is -2.18. The Hall–Kier alpha value is -2.96. The van der Waals surface area contributed by atoms with Crippen molar-refractivity contribution < 1.29 is 0 Å². The first kappa shape index (κ1) is 14.6. The average molecular weight is 321 g/mol. The van der Waals surface area contributed by atoms with E-state index in [0.717, 1.165) is 29.7 Å². The van der Waals surface area contributed by atoms with Gasteiger partial charge in [-0.3, -0.25) is 0 Å². The maximum Gasteiger partial charge on any atom is 0.144 e. The van der Waals surface area contributed by atoms with Crippen molar-refractivity contribution in [2.45, 2.75) is 26.2 Å². The van der Waals surface area contributed by atoms with Crippen molar-refractivity contribution in [3.8, 4) is 0 Å². The molecule has 122 valence electrons. The molecule has 0 aliphatic heterocycles. The zero-order valence-corrected chi connectivity index (χ0v) is 13.4. The number of anilines is 3. The Morgan fingerprint density at radius 2 is 2.25 bits per heavy atom. The van der Waals surface area contributed by atoms with Crippen LogP contribution in [0.3, 0.4) is 0 Å². The Labute approximate surface area is 139 Å². The summed E-state index contributed by atoms with van der Waals surface area (Å²) in [5.74, 6) is 2.00. The van der Waals surface area contributed by atoms with E-state index in [1.54, 1.807) is 18.6 Å². The van der Waals surface area contributed by atoms with Gasteiger partial charge < -0.3 is 21.4 Å². The third-order valence-electron chi connectivity index (χ3n) is 4.59. The third kappa shape index (κ3) is 2.38. The molecule has 0 fully saturated rings. The van der Waals surface area contributed by atoms with Gasteiger partial charge in [-0.25, -0.2) is 15.0 Å². The van der Waals surface area contributed by atoms with Gasteiger partial charge in [0.25, 0.3) is 0 Å². The molecular weight excluding hydrogens is 302 g/mol. The van der Waals surface area contributed by atoms with Crippen LogP contribution in [0.25, 0.3) is 11.0 Å². The van der Waals surface area contributed by atoms with Crippen LogP contribution in [0.5, 0.6) is 0 Å². The van der Waals surface area contributed by atoms with E-state index in [1.165, 1.54) is 23.9 Å². The molecule has 3 aromatic heterocycles. The summed E-state index contributed by atoms with van der Waals surface area (Å²) in [4.78, 5) is 16.5. The molecule has 1 atom stereocenters. The molecule has 3 aromatic rings. The van der Waals surface area contributed by atoms with E-state index in [9.17, 15) is 0 Å². The highest BCUT2D eigenvalue weighted by molar-refractivity contribution is 5.93. The summed E-state index contributed by atoms with van der Waals surface area (Å²) in [7, 11) is 0. The second-order valence-corrected chi connectivity index (χ2v) is 6.34. The summed E-state index contributed by atoms with van der Waals surface area (Å²) in [6.45, 7) is 2.27. The lowest BCUT2D eigenvalue weighted by Crippen LogP contribution is -2.10. The number of nitrogen functional groups attached to an aromatic ring is 1. The zero-order chi connectivity index (χ0) is 16.7. The van der Waals surface area contributed by atoms with Gasteiger partial charge in [0, 0.05) is 17.5 Å². The van der Waals surface area contributed by atoms with E-state index in [-0.39, 0.29) is 0 Å². The van der Waals surface area contributed by atoms with E-state index in [0.29, 0.717) is 23.0 Å². The smallest absolute Gasteiger partial charge is 0.144 e. The Morgan fingerprint density at radius 3 is 3.08 bits per heavy atom. The summed E-state index contributed by atoms with van der Waals surface area (Å²) in [6.07, 6.45) is 7.58. The molecule has 0 bridgehead atoms. The molecule has 0 saturated carbocycles. The van der Waals surface area contributed by atoms with Gasteiger partial charge in [-0.15, -0.1) is 0 Å². The molecule has 0 amide bonds. The Morgan fingerprint density at radius 1 is 1.38 bits per heavy atom. The summed E-state index contributed by atoms with van der Waals surface area (Å²) in [5.41, 5.74) is 10.3. The van der Waals surface area contributed by atoms with E-state index >= 15 is 0 Å². The fourth-order valence-electron chi connectivity index (χ4n) is 3.31. The number of pyridine rings is 1. The van der Waals surface area contributed by atoms with Crippen LogP contribution in [-0.2, 0) is 12.8 Å². The summed E-state index contributed by atoms with van der Waals surface area (Å²) < 4.78 is 0. The van der Waals surface area contributed by atoms with Gasteiger partial charge in [0.05, 0.1) is 17.3 Å². The van der Waals surface area contributed by atoms with Crippen molar-refractivity contribution in [2.24, 2.45) is 5.92 Å². The molecule has 1 aliphatic carbocycles. The first-order valence-electron chi connectivity index (χ1n) is 8.03. The van der Waals surface area contributed by atoms with Crippen LogP contribution in [0.15, 0.2) is 18.6 Å². The van der Waals surface area contributed by atoms with Gasteiger partial charge in [0.15, 0.2) is 0 Å². The predicted molar refractivity (Wildman–Crippen MR) is 94.9 cm³/mol. The molecule has 0 radical (unpaired) electrons. The molecule has 24 heavy (non-hydrogen) atoms. The van der Waals surface area contributed by atoms with Gasteiger partial charge in [0.1, 0.15) is 23.6 Å². The average Bonchev–Trinajstić information content (AvgIpc) is 2.95. The summed E-state index contributed by atoms with van der Waals surface area (Å²) in [6, 6.07) is 1.75. The van der Waals surface area contributed by atoms with E-state index in [4.69, 9.17) is 11.1 Å². The highest BCUT2D eigenvalue weighted by Crippen LogP contribution is 2.34. The van der Waals surface area contributed by atoms with Gasteiger partial charge in [-0.1, -0.05) is 6.92 Å². The van der Waals surface area contributed by atoms with Crippen LogP contribution < -0.4 is 11.1 Å². The second-order valence-electron chi connectivity index (χ2n) is 6.34. The monoisotopic (exact) mass is 321 g/mol. The van der Waals surface area contributed by atoms with Crippen molar-refractivity contribution in [3.63, 3.8) is 0 Å². The quantitative estimate of drug-likeness (QED) is 0.553. The number of nitrogens with zero attached hydrogens (tertiary/aromatic N) is 3. The fraction of sp³-hybridized carbons (Fsp3) is 0.294. The number of H-pyrrole nitrogens is 1. The van der Waals surface area contributed by atoms with Crippen LogP contribution >= 0.6 is 0 Å². The molecule has 5 N–H and O–H groups in total. The number of fused-ring (bicyclic) bond motifs is 3. The zero-order valence-electron chi connectivity index (χ0n) is 13.4. The molecule has 0 saturated heterocycles. The Kier molecular flexibility index (Phi) is 3.41. The maximum atomic E-state index is 7.42. The first-order valence-corrected chi connectivity index (χ1v) is 8.03. The third-order valence-corrected chi connectivity index (χ3v) is 4.59. The van der Waals surface area contributed by atoms with Crippen LogP contribution in [-0.4, -0.2) is 26.2 Å². The predicted octanol–water partition coefficient (Wildman–Crippen LogP) is 2.80. The first-order chi connectivity index (χ1) is 11.7. The van der Waals surface area contributed by atoms with Gasteiger partial charge >= 0.3 is 0 Å². The molecule has 3 heterocycles. The van der Waals surface area contributed by atoms with Crippen molar-refractivity contribution in [2.75, 3.05) is 11.1 Å². The van der Waals surface area contributed by atoms with E-state index in [1.807, 2.05) is 0 Å². The largest absolute Gasteiger partial charge is 0.397 e. The topological polar surface area (TPSA) is 116 Å². The van der Waals surface area contributed by atoms with Crippen LogP contribution in [0.2, 0.25) is 0 Å². The number of nitrogens with two attached hydrogens (primary N) is 1. The Bertz CT molecular complexity index is 928. The number of hydrogen-bond acceptors (Lipinski definition) is 6. The lowest BCUT2D eigenvalue weighted by atomic mass is 9.88. The minimum atomic E-state index is 0.483. The number of nitrogens with one attached hydrogen (secondary N) is 3. The van der Waals surface area contributed by atoms with Crippen molar-refractivity contribution >= 4 is 34.6 Å². The number of aromatic amines is 1. The molecular formula is C17H19N7. The van der Waals surface area contributed by atoms with Gasteiger partial charge in [0.2, 0.25) is 0 Å². The van der Waals surface area contributed by atoms with Crippen molar-refractivity contribution in [3.05, 3.63) is 35.4 Å². The van der Waals surface area contributed by atoms with Crippen LogP contribution in [0.4, 0.5) is 17.3 Å². The molecule has 7 nitrogen and oxygen atoms in total. The van der Waals surface area contributed by atoms with E-state index < -0.39 is 0 Å². The van der Waals surface area contributed by atoms with Crippen LogP contribution in [0, 0.1) is 11.3 Å². The molecule has 4 rings (SSSR count). The van der Waals surface area contributed by atoms with Crippen molar-refractivity contribution in [1.29, 1.82) is 5.41 Å². The second kappa shape index (κ2) is 5.59. The van der Waals surface area contributed by atoms with Gasteiger partial charge in [-0.2, -0.15) is 0 Å². The minimum Gasteiger partial charge on any atom is -0.397 e. The van der Waals surface area contributed by atoms with E-state index in [2.05, 4.69) is 32.2 Å². The lowest BCUT2D eigenvalue weighted by molar-refractivity contribution is 0.499. The minimum absolute atomic E-state index is 0.483. The number of aryl methyl sites for hydroxylation is 1. The normalized spacial score (nSPS) is 16.8. The standard InChI is InChI=1S/C17H19N7/c1-9-2-3-13-11(4-9)15-16(23-13)21-8-22-17(15)24-14-5-10(6-18)12(19)7-20-14/h5-9,18H,2-4,19H2,1H3,(H2,20,21,22,23,24).